The number of phenols is 2. The Bertz CT molecular complexity index is 1740. The molecule has 3 heterocycles. The molecule has 0 spiro atoms. The van der Waals surface area contributed by atoms with Gasteiger partial charge in [0.05, 0.1) is 7.11 Å². The largest absolute Gasteiger partial charge is 0.507 e. The molecule has 2 saturated heterocycles. The number of aromatic hydroxyl groups is 2. The third kappa shape index (κ3) is 7.62. The van der Waals surface area contributed by atoms with Gasteiger partial charge in [-0.3, -0.25) is 14.4 Å². The number of benzene rings is 2. The minimum absolute atomic E-state index is 0.000365. The highest BCUT2D eigenvalue weighted by Crippen LogP contribution is 2.42. The van der Waals surface area contributed by atoms with Gasteiger partial charge in [0.15, 0.2) is 29.2 Å². The van der Waals surface area contributed by atoms with Gasteiger partial charge >= 0.3 is 11.9 Å². The Balaban J connectivity index is 1.50. The van der Waals surface area contributed by atoms with Crippen LogP contribution in [0.15, 0.2) is 45.6 Å². The lowest BCUT2D eigenvalue weighted by Gasteiger charge is -2.46. The summed E-state index contributed by atoms with van der Waals surface area (Å²) in [4.78, 5) is 35.9. The molecule has 2 aromatic carbocycles. The van der Waals surface area contributed by atoms with E-state index in [9.17, 15) is 50.1 Å². The number of fused-ring (bicyclic) bond motifs is 1. The number of phenolic OH excluding ortho intramolecular Hbond substituents is 2. The van der Waals surface area contributed by atoms with Crippen molar-refractivity contribution in [2.24, 2.45) is 0 Å². The topological polar surface area (TPSA) is 271 Å². The first kappa shape index (κ1) is 36.7. The number of aliphatic hydroxyl groups excluding tert-OH is 5. The molecule has 50 heavy (non-hydrogen) atoms. The van der Waals surface area contributed by atoms with Crippen molar-refractivity contribution in [1.29, 1.82) is 0 Å². The van der Waals surface area contributed by atoms with Crippen molar-refractivity contribution in [2.75, 3.05) is 20.3 Å². The zero-order chi connectivity index (χ0) is 36.4. The fourth-order valence-corrected chi connectivity index (χ4v) is 5.40. The first-order valence-electron chi connectivity index (χ1n) is 15.2. The van der Waals surface area contributed by atoms with E-state index in [1.54, 1.807) is 24.3 Å². The van der Waals surface area contributed by atoms with Gasteiger partial charge in [0, 0.05) is 31.5 Å². The van der Waals surface area contributed by atoms with Crippen LogP contribution in [0.25, 0.3) is 22.3 Å². The molecule has 2 fully saturated rings. The molecule has 1 aromatic heterocycles. The van der Waals surface area contributed by atoms with E-state index in [0.717, 1.165) is 26.0 Å². The van der Waals surface area contributed by atoms with E-state index in [0.29, 0.717) is 11.3 Å². The van der Waals surface area contributed by atoms with E-state index in [1.807, 2.05) is 0 Å². The normalized spacial score (nSPS) is 29.7. The van der Waals surface area contributed by atoms with E-state index in [-0.39, 0.29) is 5.76 Å². The Labute approximate surface area is 282 Å². The highest BCUT2D eigenvalue weighted by Gasteiger charge is 2.52. The summed E-state index contributed by atoms with van der Waals surface area (Å²) in [5.41, 5.74) is -0.811. The Morgan fingerprint density at radius 3 is 1.94 bits per heavy atom. The van der Waals surface area contributed by atoms with Gasteiger partial charge in [-0.15, -0.1) is 0 Å². The number of hydrogen-bond acceptors (Lipinski definition) is 18. The van der Waals surface area contributed by atoms with Gasteiger partial charge in [-0.2, -0.15) is 0 Å². The molecule has 10 atom stereocenters. The maximum Gasteiger partial charge on any atom is 0.302 e. The van der Waals surface area contributed by atoms with Crippen LogP contribution < -0.4 is 14.9 Å². The van der Waals surface area contributed by atoms with Crippen molar-refractivity contribution in [1.82, 2.24) is 0 Å². The van der Waals surface area contributed by atoms with E-state index >= 15 is 0 Å². The van der Waals surface area contributed by atoms with Crippen molar-refractivity contribution in [3.63, 3.8) is 0 Å². The second-order valence-electron chi connectivity index (χ2n) is 11.5. The molecule has 2 aliphatic rings. The van der Waals surface area contributed by atoms with Crippen LogP contribution in [0.4, 0.5) is 0 Å². The van der Waals surface area contributed by atoms with E-state index in [2.05, 4.69) is 0 Å². The zero-order valence-corrected chi connectivity index (χ0v) is 26.8. The van der Waals surface area contributed by atoms with Gasteiger partial charge in [0.1, 0.15) is 78.6 Å². The van der Waals surface area contributed by atoms with Crippen molar-refractivity contribution >= 4 is 22.9 Å². The summed E-state index contributed by atoms with van der Waals surface area (Å²) in [6.45, 7) is 1.02. The Morgan fingerprint density at radius 1 is 0.780 bits per heavy atom. The van der Waals surface area contributed by atoms with Crippen LogP contribution in [-0.4, -0.2) is 129 Å². The van der Waals surface area contributed by atoms with Gasteiger partial charge in [0.25, 0.3) is 0 Å². The summed E-state index contributed by atoms with van der Waals surface area (Å²) < 4.78 is 43.6. The van der Waals surface area contributed by atoms with Crippen molar-refractivity contribution in [3.05, 3.63) is 46.6 Å². The SMILES string of the molecule is COc1ccc(-c2cc(=O)c3c(O)cc(O[C@@H]4O[C@H](COC(C)=O)[C@@H](O)[C@H](O)[C@H]4O[C@@H]4O[C@H](COC(C)=O)[C@@H](O)[C@@H](O)[C@H]4O)c(O)c3o2)cc1. The number of carbonyl (C=O) groups is 2. The lowest BCUT2D eigenvalue weighted by atomic mass is 9.97. The second kappa shape index (κ2) is 15.2. The van der Waals surface area contributed by atoms with Crippen molar-refractivity contribution in [2.45, 2.75) is 75.3 Å². The Morgan fingerprint density at radius 2 is 1.36 bits per heavy atom. The molecule has 0 saturated carbocycles. The van der Waals surface area contributed by atoms with Crippen LogP contribution >= 0.6 is 0 Å². The molecule has 2 aliphatic heterocycles. The fourth-order valence-electron chi connectivity index (χ4n) is 5.40. The summed E-state index contributed by atoms with van der Waals surface area (Å²) in [5, 5.41) is 75.1. The average molecular weight is 709 g/mol. The molecule has 0 amide bonds. The van der Waals surface area contributed by atoms with E-state index in [4.69, 9.17) is 37.6 Å². The lowest BCUT2D eigenvalue weighted by molar-refractivity contribution is -0.358. The number of aliphatic hydroxyl groups is 5. The van der Waals surface area contributed by atoms with Crippen LogP contribution in [0.1, 0.15) is 13.8 Å². The second-order valence-corrected chi connectivity index (χ2v) is 11.5. The van der Waals surface area contributed by atoms with Crippen LogP contribution in [0, 0.1) is 0 Å². The van der Waals surface area contributed by atoms with Gasteiger partial charge in [0.2, 0.25) is 12.0 Å². The number of hydrogen-bond donors (Lipinski definition) is 7. The smallest absolute Gasteiger partial charge is 0.302 e. The third-order valence-electron chi connectivity index (χ3n) is 8.04. The summed E-state index contributed by atoms with van der Waals surface area (Å²) >= 11 is 0. The van der Waals surface area contributed by atoms with Gasteiger partial charge in [-0.05, 0) is 24.3 Å². The maximum absolute atomic E-state index is 13.0. The average Bonchev–Trinajstić information content (AvgIpc) is 3.08. The van der Waals surface area contributed by atoms with Crippen LogP contribution in [-0.2, 0) is 33.3 Å². The first-order chi connectivity index (χ1) is 23.7. The molecule has 3 aromatic rings. The predicted octanol–water partition coefficient (Wildman–Crippen LogP) is -0.976. The number of rotatable bonds is 10. The quantitative estimate of drug-likeness (QED) is 0.0985. The monoisotopic (exact) mass is 708 g/mol. The van der Waals surface area contributed by atoms with Gasteiger partial charge < -0.3 is 73.3 Å². The molecule has 18 heteroatoms. The first-order valence-corrected chi connectivity index (χ1v) is 15.2. The molecule has 7 N–H and O–H groups in total. The number of ether oxygens (including phenoxy) is 7. The van der Waals surface area contributed by atoms with E-state index < -0.39 is 120 Å². The highest BCUT2D eigenvalue weighted by atomic mass is 16.8. The van der Waals surface area contributed by atoms with Gasteiger partial charge in [-0.25, -0.2) is 0 Å². The molecule has 0 aliphatic carbocycles. The number of methoxy groups -OCH3 is 1. The molecule has 272 valence electrons. The number of esters is 2. The summed E-state index contributed by atoms with van der Waals surface area (Å²) in [5.74, 6) is -3.05. The summed E-state index contributed by atoms with van der Waals surface area (Å²) in [6, 6.07) is 8.33. The molecule has 0 bridgehead atoms. The minimum Gasteiger partial charge on any atom is -0.507 e. The minimum atomic E-state index is -1.97. The summed E-state index contributed by atoms with van der Waals surface area (Å²) in [6.07, 6.45) is -17.9. The van der Waals surface area contributed by atoms with Crippen LogP contribution in [0.2, 0.25) is 0 Å². The predicted molar refractivity (Wildman–Crippen MR) is 164 cm³/mol. The maximum atomic E-state index is 13.0. The number of carbonyl (C=O) groups excluding carboxylic acids is 2. The fraction of sp³-hybridized carbons (Fsp3) is 0.469. The molecule has 0 unspecified atom stereocenters. The molecule has 0 radical (unpaired) electrons. The summed E-state index contributed by atoms with van der Waals surface area (Å²) in [7, 11) is 1.47. The van der Waals surface area contributed by atoms with Gasteiger partial charge in [-0.1, -0.05) is 0 Å². The van der Waals surface area contributed by atoms with Crippen molar-refractivity contribution in [3.8, 4) is 34.3 Å². The van der Waals surface area contributed by atoms with Crippen molar-refractivity contribution < 1.29 is 82.9 Å². The molecule has 5 rings (SSSR count). The molecule has 18 nitrogen and oxygen atoms in total. The van der Waals surface area contributed by atoms with E-state index in [1.165, 1.54) is 7.11 Å². The lowest BCUT2D eigenvalue weighted by Crippen LogP contribution is -2.65. The van der Waals surface area contributed by atoms with Crippen LogP contribution in [0.5, 0.6) is 23.0 Å². The Kier molecular flexibility index (Phi) is 11.1. The highest BCUT2D eigenvalue weighted by molar-refractivity contribution is 5.91. The zero-order valence-electron chi connectivity index (χ0n) is 26.8. The van der Waals surface area contributed by atoms with Crippen LogP contribution in [0.3, 0.4) is 0 Å². The standard InChI is InChI=1S/C32H36O18/c1-12(33)44-10-20-23(37)26(40)28(42)31(48-20)50-30-27(41)24(38)21(11-45-13(2)34)49-32(30)47-19-9-17(36)22-16(35)8-18(46-29(22)25(19)39)14-4-6-15(43-3)7-5-14/h4-9,20-21,23-24,26-28,30-32,36-42H,10-11H2,1-3H3/t20-,21-,23-,24-,26-,27+,28-,30-,31+,32-/m1/s1. The molecular formula is C32H36O18. The molecular weight excluding hydrogens is 672 g/mol. The third-order valence-corrected chi connectivity index (χ3v) is 8.04. The Hall–Kier alpha value is -4.53.